The Morgan fingerprint density at radius 3 is 2.84 bits per heavy atom. The molecule has 3 N–H and O–H groups in total. The molecule has 0 bridgehead atoms. The molecule has 0 saturated carbocycles. The lowest BCUT2D eigenvalue weighted by molar-refractivity contribution is -0.121. The van der Waals surface area contributed by atoms with Crippen LogP contribution in [0.3, 0.4) is 0 Å². The van der Waals surface area contributed by atoms with Crippen LogP contribution in [-0.4, -0.2) is 32.3 Å². The zero-order chi connectivity index (χ0) is 13.7. The second kappa shape index (κ2) is 5.71. The number of tetrazole rings is 1. The maximum Gasteiger partial charge on any atom is 0.261 e. The normalized spacial score (nSPS) is 10.8. The Bertz CT molecular complexity index is 587. The van der Waals surface area contributed by atoms with Gasteiger partial charge in [0.2, 0.25) is 5.95 Å². The highest BCUT2D eigenvalue weighted by Crippen LogP contribution is 1.99. The Labute approximate surface area is 109 Å². The number of anilines is 1. The first kappa shape index (κ1) is 12.7. The van der Waals surface area contributed by atoms with Crippen LogP contribution in [0.4, 0.5) is 5.95 Å². The standard InChI is InChI=1S/C11H13N7O/c1-8-2-4-9(5-3-8)6-13-14-10(19)7-18-11(12)15-16-17-18/h2-6H,7H2,1H3,(H,14,19)(H2,12,15,17)/b13-6-. The highest BCUT2D eigenvalue weighted by molar-refractivity contribution is 5.82. The molecule has 0 spiro atoms. The molecule has 2 aromatic rings. The van der Waals surface area contributed by atoms with E-state index in [1.54, 1.807) is 6.21 Å². The van der Waals surface area contributed by atoms with Crippen LogP contribution in [0, 0.1) is 6.92 Å². The van der Waals surface area contributed by atoms with E-state index < -0.39 is 0 Å². The van der Waals surface area contributed by atoms with E-state index in [4.69, 9.17) is 5.73 Å². The lowest BCUT2D eigenvalue weighted by Gasteiger charge is -2.00. The fourth-order valence-corrected chi connectivity index (χ4v) is 1.33. The Hall–Kier alpha value is -2.77. The molecule has 1 amide bonds. The number of aryl methyl sites for hydroxylation is 1. The summed E-state index contributed by atoms with van der Waals surface area (Å²) < 4.78 is 1.18. The fourth-order valence-electron chi connectivity index (χ4n) is 1.33. The number of nitrogen functional groups attached to an aromatic ring is 1. The number of hydrogen-bond acceptors (Lipinski definition) is 6. The summed E-state index contributed by atoms with van der Waals surface area (Å²) in [5.74, 6) is -0.278. The van der Waals surface area contributed by atoms with Gasteiger partial charge < -0.3 is 5.73 Å². The van der Waals surface area contributed by atoms with Crippen LogP contribution in [-0.2, 0) is 11.3 Å². The van der Waals surface area contributed by atoms with Gasteiger partial charge in [-0.25, -0.2) is 10.1 Å². The predicted molar refractivity (Wildman–Crippen MR) is 69.1 cm³/mol. The van der Waals surface area contributed by atoms with E-state index in [-0.39, 0.29) is 18.4 Å². The van der Waals surface area contributed by atoms with E-state index in [2.05, 4.69) is 26.1 Å². The van der Waals surface area contributed by atoms with Crippen LogP contribution in [0.5, 0.6) is 0 Å². The summed E-state index contributed by atoms with van der Waals surface area (Å²) in [5, 5.41) is 14.2. The first-order valence-electron chi connectivity index (χ1n) is 5.55. The lowest BCUT2D eigenvalue weighted by Crippen LogP contribution is -2.24. The van der Waals surface area contributed by atoms with Crippen molar-refractivity contribution in [3.05, 3.63) is 35.4 Å². The Kier molecular flexibility index (Phi) is 3.81. The molecule has 8 heteroatoms. The second-order valence-corrected chi connectivity index (χ2v) is 3.90. The minimum Gasteiger partial charge on any atom is -0.367 e. The third-order valence-electron chi connectivity index (χ3n) is 2.33. The van der Waals surface area contributed by atoms with Crippen LogP contribution in [0.1, 0.15) is 11.1 Å². The smallest absolute Gasteiger partial charge is 0.261 e. The van der Waals surface area contributed by atoms with E-state index in [9.17, 15) is 4.79 Å². The number of carbonyl (C=O) groups is 1. The van der Waals surface area contributed by atoms with Gasteiger partial charge in [0.1, 0.15) is 6.54 Å². The molecular weight excluding hydrogens is 246 g/mol. The number of nitrogens with one attached hydrogen (secondary N) is 1. The molecule has 0 saturated heterocycles. The molecular formula is C11H13N7O. The Morgan fingerprint density at radius 2 is 2.21 bits per heavy atom. The molecule has 8 nitrogen and oxygen atoms in total. The van der Waals surface area contributed by atoms with Gasteiger partial charge in [0, 0.05) is 0 Å². The predicted octanol–water partition coefficient (Wildman–Crippen LogP) is -0.286. The maximum atomic E-state index is 11.5. The molecule has 0 atom stereocenters. The molecule has 0 aliphatic heterocycles. The molecule has 19 heavy (non-hydrogen) atoms. The highest BCUT2D eigenvalue weighted by atomic mass is 16.2. The van der Waals surface area contributed by atoms with Crippen LogP contribution in [0.25, 0.3) is 0 Å². The van der Waals surface area contributed by atoms with E-state index in [0.717, 1.165) is 11.1 Å². The van der Waals surface area contributed by atoms with E-state index in [1.165, 1.54) is 4.68 Å². The summed E-state index contributed by atoms with van der Waals surface area (Å²) in [6, 6.07) is 7.74. The molecule has 0 aliphatic carbocycles. The van der Waals surface area contributed by atoms with Gasteiger partial charge in [0.05, 0.1) is 6.21 Å². The molecule has 1 aromatic carbocycles. The van der Waals surface area contributed by atoms with Gasteiger partial charge in [0.15, 0.2) is 0 Å². The summed E-state index contributed by atoms with van der Waals surface area (Å²) in [7, 11) is 0. The van der Waals surface area contributed by atoms with E-state index in [0.29, 0.717) is 0 Å². The number of amides is 1. The largest absolute Gasteiger partial charge is 0.367 e. The molecule has 98 valence electrons. The maximum absolute atomic E-state index is 11.5. The van der Waals surface area contributed by atoms with Crippen LogP contribution in [0.15, 0.2) is 29.4 Å². The van der Waals surface area contributed by atoms with Crippen molar-refractivity contribution >= 4 is 18.1 Å². The Morgan fingerprint density at radius 1 is 1.47 bits per heavy atom. The zero-order valence-corrected chi connectivity index (χ0v) is 10.3. The highest BCUT2D eigenvalue weighted by Gasteiger charge is 2.06. The van der Waals surface area contributed by atoms with Crippen molar-refractivity contribution in [2.24, 2.45) is 5.10 Å². The number of hydrazone groups is 1. The van der Waals surface area contributed by atoms with Crippen molar-refractivity contribution in [1.82, 2.24) is 25.6 Å². The number of carbonyl (C=O) groups excluding carboxylic acids is 1. The average Bonchev–Trinajstić information content (AvgIpc) is 2.78. The van der Waals surface area contributed by atoms with Crippen LogP contribution >= 0.6 is 0 Å². The summed E-state index contributed by atoms with van der Waals surface area (Å²) in [6.45, 7) is 1.92. The molecule has 2 rings (SSSR count). The summed E-state index contributed by atoms with van der Waals surface area (Å²) in [6.07, 6.45) is 1.56. The first-order valence-corrected chi connectivity index (χ1v) is 5.55. The van der Waals surface area contributed by atoms with Crippen molar-refractivity contribution in [2.75, 3.05) is 5.73 Å². The number of rotatable bonds is 4. The van der Waals surface area contributed by atoms with Crippen molar-refractivity contribution in [2.45, 2.75) is 13.5 Å². The molecule has 1 aromatic heterocycles. The average molecular weight is 259 g/mol. The van der Waals surface area contributed by atoms with Crippen LogP contribution in [0.2, 0.25) is 0 Å². The van der Waals surface area contributed by atoms with E-state index in [1.807, 2.05) is 31.2 Å². The van der Waals surface area contributed by atoms with Gasteiger partial charge in [-0.1, -0.05) is 34.9 Å². The fraction of sp³-hybridized carbons (Fsp3) is 0.182. The van der Waals surface area contributed by atoms with E-state index >= 15 is 0 Å². The number of nitrogens with zero attached hydrogens (tertiary/aromatic N) is 5. The van der Waals surface area contributed by atoms with Gasteiger partial charge in [-0.2, -0.15) is 5.10 Å². The third kappa shape index (κ3) is 3.60. The molecule has 0 fully saturated rings. The third-order valence-corrected chi connectivity index (χ3v) is 2.33. The molecule has 1 heterocycles. The van der Waals surface area contributed by atoms with Crippen molar-refractivity contribution in [3.8, 4) is 0 Å². The SMILES string of the molecule is Cc1ccc(/C=N\NC(=O)Cn2nnnc2N)cc1. The zero-order valence-electron chi connectivity index (χ0n) is 10.3. The summed E-state index contributed by atoms with van der Waals surface area (Å²) in [4.78, 5) is 11.5. The van der Waals surface area contributed by atoms with Crippen molar-refractivity contribution in [3.63, 3.8) is 0 Å². The molecule has 0 unspecified atom stereocenters. The first-order chi connectivity index (χ1) is 9.15. The van der Waals surface area contributed by atoms with Gasteiger partial charge in [-0.05, 0) is 22.9 Å². The van der Waals surface area contributed by atoms with Gasteiger partial charge >= 0.3 is 0 Å². The van der Waals surface area contributed by atoms with Crippen LogP contribution < -0.4 is 11.2 Å². The molecule has 0 aliphatic rings. The number of hydrogen-bond donors (Lipinski definition) is 2. The second-order valence-electron chi connectivity index (χ2n) is 3.90. The minimum atomic E-state index is -0.359. The molecule has 0 radical (unpaired) electrons. The van der Waals surface area contributed by atoms with Gasteiger partial charge in [0.25, 0.3) is 5.91 Å². The summed E-state index contributed by atoms with van der Waals surface area (Å²) >= 11 is 0. The van der Waals surface area contributed by atoms with Crippen molar-refractivity contribution < 1.29 is 4.79 Å². The lowest BCUT2D eigenvalue weighted by atomic mass is 10.2. The quantitative estimate of drug-likeness (QED) is 0.579. The number of aromatic nitrogens is 4. The topological polar surface area (TPSA) is 111 Å². The van der Waals surface area contributed by atoms with Gasteiger partial charge in [-0.15, -0.1) is 0 Å². The number of benzene rings is 1. The summed E-state index contributed by atoms with van der Waals surface area (Å²) in [5.41, 5.74) is 9.86. The number of nitrogens with two attached hydrogens (primary N) is 1. The Balaban J connectivity index is 1.86. The van der Waals surface area contributed by atoms with Gasteiger partial charge in [-0.3, -0.25) is 4.79 Å². The minimum absolute atomic E-state index is 0.0793. The van der Waals surface area contributed by atoms with Crippen molar-refractivity contribution in [1.29, 1.82) is 0 Å². The monoisotopic (exact) mass is 259 g/mol.